The van der Waals surface area contributed by atoms with Crippen LogP contribution in [0.4, 0.5) is 11.4 Å². The first-order valence-electron chi connectivity index (χ1n) is 18.2. The third kappa shape index (κ3) is 7.93. The number of ether oxygens (including phenoxy) is 3. The molecule has 7 aromatic rings. The number of methoxy groups -OCH3 is 1. The quantitative estimate of drug-likeness (QED) is 0.0875. The van der Waals surface area contributed by atoms with Crippen molar-refractivity contribution in [2.45, 2.75) is 53.4 Å². The summed E-state index contributed by atoms with van der Waals surface area (Å²) in [6.45, 7) is 9.64. The van der Waals surface area contributed by atoms with Gasteiger partial charge in [0, 0.05) is 12.1 Å². The van der Waals surface area contributed by atoms with E-state index in [-0.39, 0.29) is 18.1 Å². The molecule has 12 nitrogen and oxygen atoms in total. The fourth-order valence-corrected chi connectivity index (χ4v) is 6.80. The maximum atomic E-state index is 14.8. The predicted octanol–water partition coefficient (Wildman–Crippen LogP) is 8.46. The van der Waals surface area contributed by atoms with Crippen LogP contribution >= 0.6 is 11.6 Å². The van der Waals surface area contributed by atoms with E-state index in [0.717, 1.165) is 27.6 Å². The van der Waals surface area contributed by atoms with Gasteiger partial charge in [0.15, 0.2) is 11.9 Å². The number of hydrogen-bond donors (Lipinski definition) is 2. The number of benzene rings is 5. The van der Waals surface area contributed by atoms with Gasteiger partial charge in [-0.05, 0) is 105 Å². The molecule has 2 atom stereocenters. The summed E-state index contributed by atoms with van der Waals surface area (Å²) in [7, 11) is 1.57. The van der Waals surface area contributed by atoms with Crippen LogP contribution in [0.25, 0.3) is 27.4 Å². The van der Waals surface area contributed by atoms with Gasteiger partial charge < -0.3 is 24.8 Å². The van der Waals surface area contributed by atoms with Crippen LogP contribution in [0.15, 0.2) is 102 Å². The first-order chi connectivity index (χ1) is 27.0. The van der Waals surface area contributed by atoms with Crippen LogP contribution in [-0.2, 0) is 9.53 Å². The van der Waals surface area contributed by atoms with Gasteiger partial charge in [-0.25, -0.2) is 14.6 Å². The molecule has 56 heavy (non-hydrogen) atoms. The van der Waals surface area contributed by atoms with Crippen molar-refractivity contribution in [1.29, 1.82) is 0 Å². The van der Waals surface area contributed by atoms with E-state index in [2.05, 4.69) is 26.8 Å². The molecule has 286 valence electrons. The Kier molecular flexibility index (Phi) is 11.0. The predicted molar refractivity (Wildman–Crippen MR) is 219 cm³/mol. The van der Waals surface area contributed by atoms with Gasteiger partial charge in [-0.1, -0.05) is 60.5 Å². The summed E-state index contributed by atoms with van der Waals surface area (Å²) in [6.07, 6.45) is 0.140. The van der Waals surface area contributed by atoms with E-state index in [0.29, 0.717) is 56.8 Å². The van der Waals surface area contributed by atoms with Crippen LogP contribution < -0.4 is 25.7 Å². The average Bonchev–Trinajstić information content (AvgIpc) is 3.52. The maximum absolute atomic E-state index is 14.8. The number of amides is 1. The molecule has 0 saturated carbocycles. The molecular weight excluding hydrogens is 730 g/mol. The number of nitrogens with one attached hydrogen (secondary N) is 2. The van der Waals surface area contributed by atoms with Gasteiger partial charge in [0.2, 0.25) is 6.29 Å². The number of fused-ring (bicyclic) bond motifs is 2. The van der Waals surface area contributed by atoms with E-state index in [1.54, 1.807) is 63.4 Å². The van der Waals surface area contributed by atoms with Crippen molar-refractivity contribution in [3.05, 3.63) is 141 Å². The second-order valence-electron chi connectivity index (χ2n) is 13.5. The summed E-state index contributed by atoms with van der Waals surface area (Å²) in [6, 6.07) is 28.3. The van der Waals surface area contributed by atoms with Crippen LogP contribution in [0.2, 0.25) is 5.02 Å². The monoisotopic (exact) mass is 771 g/mol. The summed E-state index contributed by atoms with van der Waals surface area (Å²) >= 11 is 6.70. The molecule has 0 fully saturated rings. The largest absolute Gasteiger partial charge is 0.497 e. The Balaban J connectivity index is 1.24. The Hall–Kier alpha value is -6.24. The summed E-state index contributed by atoms with van der Waals surface area (Å²) in [5.41, 5.74) is 3.70. The number of hydrogen-bond acceptors (Lipinski definition) is 9. The van der Waals surface area contributed by atoms with Crippen molar-refractivity contribution >= 4 is 50.6 Å². The number of rotatable bonds is 13. The second kappa shape index (κ2) is 16.2. The molecule has 2 N–H and O–H groups in total. The van der Waals surface area contributed by atoms with E-state index in [1.165, 1.54) is 9.25 Å². The van der Waals surface area contributed by atoms with E-state index < -0.39 is 18.2 Å². The highest BCUT2D eigenvalue weighted by atomic mass is 35.5. The molecule has 0 bridgehead atoms. The van der Waals surface area contributed by atoms with Crippen molar-refractivity contribution in [2.75, 3.05) is 24.5 Å². The normalized spacial score (nSPS) is 12.4. The van der Waals surface area contributed by atoms with Crippen LogP contribution in [0.3, 0.4) is 0 Å². The number of nitrogens with zero attached hydrogens (tertiary/aromatic N) is 5. The van der Waals surface area contributed by atoms with Crippen molar-refractivity contribution in [3.63, 3.8) is 0 Å². The lowest BCUT2D eigenvalue weighted by molar-refractivity contribution is -0.118. The summed E-state index contributed by atoms with van der Waals surface area (Å²) in [5, 5.41) is 13.3. The van der Waals surface area contributed by atoms with Gasteiger partial charge in [0.1, 0.15) is 29.9 Å². The van der Waals surface area contributed by atoms with Crippen LogP contribution in [0.5, 0.6) is 11.5 Å². The van der Waals surface area contributed by atoms with Crippen molar-refractivity contribution < 1.29 is 19.0 Å². The summed E-state index contributed by atoms with van der Waals surface area (Å²) in [4.78, 5) is 38.9. The van der Waals surface area contributed by atoms with E-state index in [1.807, 2.05) is 69.3 Å². The highest BCUT2D eigenvalue weighted by Gasteiger charge is 2.32. The van der Waals surface area contributed by atoms with Crippen LogP contribution in [-0.4, -0.2) is 50.4 Å². The molecule has 2 unspecified atom stereocenters. The van der Waals surface area contributed by atoms with Gasteiger partial charge in [0.25, 0.3) is 11.5 Å². The maximum Gasteiger partial charge on any atom is 0.266 e. The summed E-state index contributed by atoms with van der Waals surface area (Å²) in [5.74, 6) is 1.84. The first-order valence-corrected chi connectivity index (χ1v) is 18.6. The fraction of sp³-hybridized carbons (Fsp3) is 0.233. The third-order valence-electron chi connectivity index (χ3n) is 9.43. The number of halogens is 1. The second-order valence-corrected chi connectivity index (χ2v) is 13.9. The number of aryl methyl sites for hydroxylation is 4. The molecule has 2 heterocycles. The van der Waals surface area contributed by atoms with Crippen molar-refractivity contribution in [2.24, 2.45) is 0 Å². The lowest BCUT2D eigenvalue weighted by atomic mass is 10.1. The number of carbonyl (C=O) groups is 1. The Morgan fingerprint density at radius 3 is 2.32 bits per heavy atom. The molecule has 0 aliphatic heterocycles. The lowest BCUT2D eigenvalue weighted by Gasteiger charge is -2.23. The third-order valence-corrected chi connectivity index (χ3v) is 9.76. The number of anilines is 2. The lowest BCUT2D eigenvalue weighted by Crippen LogP contribution is -2.35. The van der Waals surface area contributed by atoms with Crippen LogP contribution in [0, 0.1) is 27.7 Å². The molecule has 5 aromatic carbocycles. The van der Waals surface area contributed by atoms with Gasteiger partial charge >= 0.3 is 0 Å². The zero-order valence-corrected chi connectivity index (χ0v) is 32.7. The molecule has 0 saturated heterocycles. The zero-order valence-electron chi connectivity index (χ0n) is 32.0. The molecule has 1 amide bonds. The van der Waals surface area contributed by atoms with Gasteiger partial charge in [-0.2, -0.15) is 5.10 Å². The molecule has 0 aliphatic rings. The zero-order chi connectivity index (χ0) is 39.5. The number of carbonyl (C=O) groups excluding carboxylic acids is 1. The van der Waals surface area contributed by atoms with E-state index in [4.69, 9.17) is 30.8 Å². The molecule has 7 rings (SSSR count). The Morgan fingerprint density at radius 2 is 1.64 bits per heavy atom. The average molecular weight is 772 g/mol. The minimum atomic E-state index is -1.26. The minimum absolute atomic E-state index is 0.127. The Morgan fingerprint density at radius 1 is 0.893 bits per heavy atom. The molecule has 0 radical (unpaired) electrons. The fourth-order valence-electron chi connectivity index (χ4n) is 6.63. The van der Waals surface area contributed by atoms with Crippen molar-refractivity contribution in [1.82, 2.24) is 24.3 Å². The van der Waals surface area contributed by atoms with Gasteiger partial charge in [-0.3, -0.25) is 14.2 Å². The molecular formula is C43H42ClN7O5. The van der Waals surface area contributed by atoms with E-state index in [9.17, 15) is 9.59 Å². The Labute approximate surface area is 329 Å². The van der Waals surface area contributed by atoms with Crippen molar-refractivity contribution in [3.8, 4) is 17.2 Å². The summed E-state index contributed by atoms with van der Waals surface area (Å²) < 4.78 is 20.5. The van der Waals surface area contributed by atoms with E-state index >= 15 is 0 Å². The first kappa shape index (κ1) is 38.1. The topological polar surface area (TPSA) is 134 Å². The SMILES string of the molecule is CCC(OCNc1ccc(Cl)c(NC(=O)C(c2nc3cc4ccccc4cc3c(=O)n2-c2ccc(OC)cc2)n2nc(C)nc2C)c1)Oc1ccc(C)cc1C. The number of aromatic nitrogens is 5. The smallest absolute Gasteiger partial charge is 0.266 e. The highest BCUT2D eigenvalue weighted by molar-refractivity contribution is 6.33. The molecule has 13 heteroatoms. The molecule has 0 spiro atoms. The van der Waals surface area contributed by atoms with Gasteiger partial charge in [-0.15, -0.1) is 0 Å². The molecule has 2 aromatic heterocycles. The Bertz CT molecular complexity index is 2620. The van der Waals surface area contributed by atoms with Gasteiger partial charge in [0.05, 0.1) is 34.4 Å². The standard InChI is InChI=1S/C43H42ClN7O5/c1-7-39(56-38-19-12-25(2)20-26(38)3)55-24-45-31-13-18-35(44)37(23-31)48-42(52)40(51-28(5)46-27(4)49-51)41-47-36-22-30-11-9-8-10-29(30)21-34(36)43(53)50(41)32-14-16-33(54-6)17-15-32/h8-23,39-40,45H,7,24H2,1-6H3,(H,48,52). The molecule has 0 aliphatic carbocycles. The van der Waals surface area contributed by atoms with Crippen LogP contribution in [0.1, 0.15) is 48.0 Å². The minimum Gasteiger partial charge on any atom is -0.497 e. The highest BCUT2D eigenvalue weighted by Crippen LogP contribution is 2.30.